The van der Waals surface area contributed by atoms with Gasteiger partial charge in [-0.25, -0.2) is 4.79 Å². The molecular formula is C32H44ClN3O5. The van der Waals surface area contributed by atoms with Crippen LogP contribution < -0.4 is 16.0 Å². The number of aliphatic hydroxyl groups excluding tert-OH is 1. The van der Waals surface area contributed by atoms with Gasteiger partial charge >= 0.3 is 6.09 Å². The molecule has 3 unspecified atom stereocenters. The number of carbonyl (C=O) groups is 3. The summed E-state index contributed by atoms with van der Waals surface area (Å²) in [5.74, 6) is -0.743. The molecular weight excluding hydrogens is 542 g/mol. The van der Waals surface area contributed by atoms with Gasteiger partial charge in [0, 0.05) is 21.9 Å². The molecule has 1 fully saturated rings. The van der Waals surface area contributed by atoms with Crippen LogP contribution in [0.4, 0.5) is 4.79 Å². The largest absolute Gasteiger partial charge is 0.440 e. The van der Waals surface area contributed by atoms with Gasteiger partial charge in [0.15, 0.2) is 0 Å². The molecule has 2 aromatic carbocycles. The molecule has 4 atom stereocenters. The summed E-state index contributed by atoms with van der Waals surface area (Å²) in [5.41, 5.74) is 0.714. The summed E-state index contributed by atoms with van der Waals surface area (Å²) in [6.45, 7) is 11.4. The number of hydrogen-bond donors (Lipinski definition) is 4. The topological polar surface area (TPSA) is 117 Å². The summed E-state index contributed by atoms with van der Waals surface area (Å²) < 4.78 is 6.06. The fraction of sp³-hybridized carbons (Fsp3) is 0.531. The highest BCUT2D eigenvalue weighted by molar-refractivity contribution is 6.30. The van der Waals surface area contributed by atoms with Crippen molar-refractivity contribution in [1.82, 2.24) is 16.0 Å². The van der Waals surface area contributed by atoms with E-state index < -0.39 is 35.6 Å². The lowest BCUT2D eigenvalue weighted by molar-refractivity contribution is -0.126. The van der Waals surface area contributed by atoms with E-state index in [0.29, 0.717) is 24.3 Å². The molecule has 3 amide bonds. The van der Waals surface area contributed by atoms with Crippen LogP contribution >= 0.6 is 11.6 Å². The summed E-state index contributed by atoms with van der Waals surface area (Å²) in [7, 11) is 0. The third kappa shape index (κ3) is 8.94. The fourth-order valence-corrected chi connectivity index (χ4v) is 5.69. The molecule has 0 aromatic heterocycles. The van der Waals surface area contributed by atoms with Crippen molar-refractivity contribution in [2.45, 2.75) is 89.9 Å². The van der Waals surface area contributed by atoms with E-state index in [0.717, 1.165) is 11.1 Å². The second kappa shape index (κ2) is 13.7. The lowest BCUT2D eigenvalue weighted by Crippen LogP contribution is -2.52. The lowest BCUT2D eigenvalue weighted by Gasteiger charge is -2.35. The number of nitrogens with one attached hydrogen (secondary N) is 3. The average molecular weight is 586 g/mol. The zero-order valence-corrected chi connectivity index (χ0v) is 25.6. The van der Waals surface area contributed by atoms with Gasteiger partial charge in [0.2, 0.25) is 11.8 Å². The third-order valence-electron chi connectivity index (χ3n) is 7.59. The Morgan fingerprint density at radius 1 is 1.12 bits per heavy atom. The molecule has 1 aliphatic heterocycles. The second-order valence-corrected chi connectivity index (χ2v) is 13.1. The number of hydrogen-bond acceptors (Lipinski definition) is 5. The Balaban J connectivity index is 1.76. The van der Waals surface area contributed by atoms with Gasteiger partial charge in [0.25, 0.3) is 0 Å². The first kappa shape index (κ1) is 32.4. The van der Waals surface area contributed by atoms with E-state index in [1.165, 1.54) is 0 Å². The van der Waals surface area contributed by atoms with Crippen molar-refractivity contribution in [2.75, 3.05) is 6.61 Å². The van der Waals surface area contributed by atoms with Crippen LogP contribution in [0.2, 0.25) is 5.02 Å². The second-order valence-electron chi connectivity index (χ2n) is 12.7. The minimum Gasteiger partial charge on any atom is -0.440 e. The van der Waals surface area contributed by atoms with Gasteiger partial charge in [0.05, 0.1) is 12.6 Å². The number of halogens is 1. The Morgan fingerprint density at radius 2 is 1.80 bits per heavy atom. The van der Waals surface area contributed by atoms with E-state index in [4.69, 9.17) is 16.3 Å². The first-order valence-corrected chi connectivity index (χ1v) is 14.6. The quantitative estimate of drug-likeness (QED) is 0.270. The third-order valence-corrected chi connectivity index (χ3v) is 7.83. The van der Waals surface area contributed by atoms with Gasteiger partial charge in [-0.15, -0.1) is 0 Å². The molecule has 0 bridgehead atoms. The normalized spacial score (nSPS) is 18.8. The smallest absolute Gasteiger partial charge is 0.408 e. The number of amides is 3. The van der Waals surface area contributed by atoms with Gasteiger partial charge < -0.3 is 25.8 Å². The summed E-state index contributed by atoms with van der Waals surface area (Å²) in [6.07, 6.45) is -0.127. The van der Waals surface area contributed by atoms with Gasteiger partial charge in [0.1, 0.15) is 12.1 Å². The Morgan fingerprint density at radius 3 is 2.37 bits per heavy atom. The number of aliphatic hydroxyl groups is 1. The average Bonchev–Trinajstić information content (AvgIpc) is 3.16. The number of carbonyl (C=O) groups excluding carboxylic acids is 3. The van der Waals surface area contributed by atoms with Crippen molar-refractivity contribution in [3.63, 3.8) is 0 Å². The molecule has 0 spiro atoms. The molecule has 0 aliphatic carbocycles. The first-order valence-electron chi connectivity index (χ1n) is 14.2. The van der Waals surface area contributed by atoms with E-state index in [-0.39, 0.29) is 29.9 Å². The molecule has 2 aromatic rings. The Kier molecular flexibility index (Phi) is 10.8. The first-order chi connectivity index (χ1) is 19.2. The molecule has 0 radical (unpaired) electrons. The van der Waals surface area contributed by atoms with Crippen LogP contribution in [0.5, 0.6) is 0 Å². The minimum absolute atomic E-state index is 0.0857. The maximum Gasteiger partial charge on any atom is 0.408 e. The summed E-state index contributed by atoms with van der Waals surface area (Å²) in [6, 6.07) is 15.4. The molecule has 8 nitrogen and oxygen atoms in total. The zero-order chi connectivity index (χ0) is 30.4. The van der Waals surface area contributed by atoms with Crippen molar-refractivity contribution in [1.29, 1.82) is 0 Å². The number of alkyl carbamates (subject to hydrolysis) is 1. The van der Waals surface area contributed by atoms with Crippen molar-refractivity contribution in [2.24, 2.45) is 11.8 Å². The van der Waals surface area contributed by atoms with Gasteiger partial charge in [-0.1, -0.05) is 81.8 Å². The highest BCUT2D eigenvalue weighted by Crippen LogP contribution is 2.40. The maximum absolute atomic E-state index is 13.4. The molecule has 224 valence electrons. The highest BCUT2D eigenvalue weighted by atomic mass is 35.5. The van der Waals surface area contributed by atoms with Crippen LogP contribution in [0.25, 0.3) is 0 Å². The van der Waals surface area contributed by atoms with Crippen LogP contribution in [0.1, 0.15) is 78.0 Å². The van der Waals surface area contributed by atoms with E-state index in [1.54, 1.807) is 6.07 Å². The maximum atomic E-state index is 13.4. The van der Waals surface area contributed by atoms with E-state index in [9.17, 15) is 19.5 Å². The van der Waals surface area contributed by atoms with Crippen LogP contribution in [-0.2, 0) is 19.7 Å². The molecule has 0 saturated carbocycles. The Labute approximate surface area is 248 Å². The number of rotatable bonds is 12. The lowest BCUT2D eigenvalue weighted by atomic mass is 9.76. The van der Waals surface area contributed by atoms with Crippen molar-refractivity contribution >= 4 is 29.5 Å². The van der Waals surface area contributed by atoms with E-state index >= 15 is 0 Å². The molecule has 1 heterocycles. The van der Waals surface area contributed by atoms with Gasteiger partial charge in [-0.05, 0) is 62.3 Å². The highest BCUT2D eigenvalue weighted by Gasteiger charge is 2.39. The van der Waals surface area contributed by atoms with Crippen LogP contribution in [0, 0.1) is 11.8 Å². The van der Waals surface area contributed by atoms with Crippen LogP contribution in [0.15, 0.2) is 54.6 Å². The predicted octanol–water partition coefficient (Wildman–Crippen LogP) is 5.28. The zero-order valence-electron chi connectivity index (χ0n) is 24.9. The predicted molar refractivity (Wildman–Crippen MR) is 160 cm³/mol. The van der Waals surface area contributed by atoms with Gasteiger partial charge in [-0.2, -0.15) is 0 Å². The number of benzene rings is 2. The van der Waals surface area contributed by atoms with Crippen molar-refractivity contribution in [3.8, 4) is 0 Å². The van der Waals surface area contributed by atoms with Crippen LogP contribution in [-0.4, -0.2) is 47.2 Å². The molecule has 4 N–H and O–H groups in total. The summed E-state index contributed by atoms with van der Waals surface area (Å²) in [4.78, 5) is 39.1. The minimum atomic E-state index is -0.892. The van der Waals surface area contributed by atoms with Crippen molar-refractivity contribution < 1.29 is 24.2 Å². The van der Waals surface area contributed by atoms with Crippen LogP contribution in [0.3, 0.4) is 0 Å². The monoisotopic (exact) mass is 585 g/mol. The molecule has 3 rings (SSSR count). The molecule has 41 heavy (non-hydrogen) atoms. The SMILES string of the molecule is CC(C)C[C@H](NC(=O)OC(c1ccccc1)C(C)(C)c1cccc(Cl)c1)C(=O)NC(CO)CC1CC(C)(C)NC1=O. The molecule has 9 heteroatoms. The van der Waals surface area contributed by atoms with Crippen molar-refractivity contribution in [3.05, 3.63) is 70.7 Å². The standard InChI is InChI=1S/C32H44ClN3O5/c1-20(2)15-26(29(39)34-25(19-37)16-22-18-31(3,4)36-28(22)38)35-30(40)41-27(21-11-8-7-9-12-21)32(5,6)23-13-10-14-24(33)17-23/h7-14,17,20,22,25-27,37H,15-16,18-19H2,1-6H3,(H,34,39)(H,35,40)(H,36,38)/t22?,25?,26-,27?/m0/s1. The fourth-order valence-electron chi connectivity index (χ4n) is 5.50. The Hall–Kier alpha value is -3.10. The summed E-state index contributed by atoms with van der Waals surface area (Å²) >= 11 is 6.28. The summed E-state index contributed by atoms with van der Waals surface area (Å²) in [5, 5.41) is 19.1. The number of ether oxygens (including phenoxy) is 1. The Bertz CT molecular complexity index is 1200. The van der Waals surface area contributed by atoms with Gasteiger partial charge in [-0.3, -0.25) is 9.59 Å². The van der Waals surface area contributed by atoms with E-state index in [2.05, 4.69) is 16.0 Å². The molecule has 1 aliphatic rings. The molecule has 1 saturated heterocycles. The van der Waals surface area contributed by atoms with E-state index in [1.807, 2.05) is 90.1 Å².